The smallest absolute Gasteiger partial charge is 0.245 e. The molecule has 1 aliphatic carbocycles. The number of aryl methyl sites for hydroxylation is 1. The predicted molar refractivity (Wildman–Crippen MR) is 115 cm³/mol. The van der Waals surface area contributed by atoms with Crippen molar-refractivity contribution in [3.8, 4) is 0 Å². The SMILES string of the molecule is [2H]C([2H])(c1ccc(C)c(F)c1)N1C(=O)CC(c2nnc(C3CC3)o2)=C(Br)c2ccccc21. The Morgan fingerprint density at radius 2 is 2.07 bits per heavy atom. The number of benzene rings is 2. The molecule has 2 aliphatic rings. The van der Waals surface area contributed by atoms with Gasteiger partial charge in [-0.3, -0.25) is 4.79 Å². The molecule has 5 rings (SSSR count). The summed E-state index contributed by atoms with van der Waals surface area (Å²) in [5.41, 5.74) is 1.93. The van der Waals surface area contributed by atoms with Crippen LogP contribution in [0.3, 0.4) is 0 Å². The van der Waals surface area contributed by atoms with Crippen molar-refractivity contribution in [2.24, 2.45) is 0 Å². The summed E-state index contributed by atoms with van der Waals surface area (Å²) in [6, 6.07) is 11.1. The fourth-order valence-corrected chi connectivity index (χ4v) is 4.04. The number of carbonyl (C=O) groups is 1. The maximum Gasteiger partial charge on any atom is 0.245 e. The zero-order valence-electron chi connectivity index (χ0n) is 18.2. The van der Waals surface area contributed by atoms with Gasteiger partial charge in [0.15, 0.2) is 0 Å². The molecule has 0 unspecified atom stereocenters. The van der Waals surface area contributed by atoms with E-state index in [1.807, 2.05) is 0 Å². The van der Waals surface area contributed by atoms with Crippen molar-refractivity contribution < 1.29 is 16.3 Å². The summed E-state index contributed by atoms with van der Waals surface area (Å²) in [5, 5.41) is 8.27. The fraction of sp³-hybridized carbons (Fsp3) is 0.261. The lowest BCUT2D eigenvalue weighted by atomic mass is 10.1. The first-order chi connectivity index (χ1) is 15.3. The molecule has 1 amide bonds. The highest BCUT2D eigenvalue weighted by molar-refractivity contribution is 9.15. The summed E-state index contributed by atoms with van der Waals surface area (Å²) < 4.78 is 38.3. The van der Waals surface area contributed by atoms with Gasteiger partial charge in [0.25, 0.3) is 0 Å². The van der Waals surface area contributed by atoms with Gasteiger partial charge in [0, 0.05) is 21.5 Å². The minimum absolute atomic E-state index is 0.0529. The van der Waals surface area contributed by atoms with E-state index in [9.17, 15) is 9.18 Å². The third-order valence-electron chi connectivity index (χ3n) is 5.26. The Labute approximate surface area is 184 Å². The molecule has 30 heavy (non-hydrogen) atoms. The van der Waals surface area contributed by atoms with E-state index in [2.05, 4.69) is 26.1 Å². The number of halogens is 2. The van der Waals surface area contributed by atoms with Gasteiger partial charge in [-0.1, -0.05) is 30.3 Å². The van der Waals surface area contributed by atoms with Crippen LogP contribution in [-0.4, -0.2) is 16.1 Å². The summed E-state index contributed by atoms with van der Waals surface area (Å²) in [6.45, 7) is -0.687. The minimum Gasteiger partial charge on any atom is -0.421 e. The molecule has 0 radical (unpaired) electrons. The number of hydrogen-bond donors (Lipinski definition) is 0. The van der Waals surface area contributed by atoms with Crippen molar-refractivity contribution in [3.63, 3.8) is 0 Å². The van der Waals surface area contributed by atoms with E-state index in [1.165, 1.54) is 12.1 Å². The van der Waals surface area contributed by atoms with E-state index in [-0.39, 0.29) is 23.8 Å². The summed E-state index contributed by atoms with van der Waals surface area (Å²) in [6.07, 6.45) is 1.85. The van der Waals surface area contributed by atoms with Crippen LogP contribution in [-0.2, 0) is 11.3 Å². The van der Waals surface area contributed by atoms with Crippen molar-refractivity contribution in [1.29, 1.82) is 0 Å². The molecular weight excluding hydrogens is 449 g/mol. The number of anilines is 1. The van der Waals surface area contributed by atoms with Gasteiger partial charge >= 0.3 is 0 Å². The number of nitrogens with zero attached hydrogens (tertiary/aromatic N) is 3. The predicted octanol–water partition coefficient (Wildman–Crippen LogP) is 5.59. The molecule has 0 bridgehead atoms. The van der Waals surface area contributed by atoms with Gasteiger partial charge in [0.1, 0.15) is 5.82 Å². The molecule has 1 aromatic heterocycles. The van der Waals surface area contributed by atoms with Crippen LogP contribution in [0.4, 0.5) is 10.1 Å². The number of fused-ring (bicyclic) bond motifs is 1. The Balaban J connectivity index is 1.62. The number of para-hydroxylation sites is 1. The van der Waals surface area contributed by atoms with Crippen LogP contribution in [0.15, 0.2) is 46.9 Å². The van der Waals surface area contributed by atoms with Crippen LogP contribution in [0.1, 0.15) is 56.4 Å². The lowest BCUT2D eigenvalue weighted by Gasteiger charge is -2.23. The highest BCUT2D eigenvalue weighted by Crippen LogP contribution is 2.44. The van der Waals surface area contributed by atoms with Gasteiger partial charge in [-0.25, -0.2) is 4.39 Å². The molecule has 2 heterocycles. The number of aromatic nitrogens is 2. The van der Waals surface area contributed by atoms with Crippen LogP contribution < -0.4 is 4.90 Å². The molecule has 0 saturated heterocycles. The highest BCUT2D eigenvalue weighted by Gasteiger charge is 2.33. The Bertz CT molecular complexity index is 1270. The molecule has 0 N–H and O–H groups in total. The molecule has 5 nitrogen and oxygen atoms in total. The van der Waals surface area contributed by atoms with Crippen molar-refractivity contribution in [1.82, 2.24) is 10.2 Å². The molecule has 0 atom stereocenters. The second-order valence-electron chi connectivity index (χ2n) is 7.51. The molecule has 3 aromatic rings. The Morgan fingerprint density at radius 1 is 1.27 bits per heavy atom. The second-order valence-corrected chi connectivity index (χ2v) is 8.30. The maximum absolute atomic E-state index is 14.3. The van der Waals surface area contributed by atoms with Crippen molar-refractivity contribution >= 4 is 37.6 Å². The average molecular weight is 470 g/mol. The van der Waals surface area contributed by atoms with Gasteiger partial charge in [0.2, 0.25) is 17.7 Å². The first kappa shape index (κ1) is 16.9. The quantitative estimate of drug-likeness (QED) is 0.499. The van der Waals surface area contributed by atoms with E-state index in [0.717, 1.165) is 23.8 Å². The molecule has 2 aromatic carbocycles. The van der Waals surface area contributed by atoms with Crippen LogP contribution in [0.25, 0.3) is 10.1 Å². The first-order valence-corrected chi connectivity index (χ1v) is 10.5. The standard InChI is InChI=1S/C23H19BrFN3O2/c1-13-6-7-14(10-18(13)25)12-28-19-5-3-2-4-16(19)21(24)17(11-20(28)29)23-27-26-22(30-23)15-8-9-15/h2-7,10,15H,8-9,11-12H2,1H3/i12D2. The van der Waals surface area contributed by atoms with E-state index in [1.54, 1.807) is 31.2 Å². The van der Waals surface area contributed by atoms with Gasteiger partial charge in [-0.2, -0.15) is 0 Å². The summed E-state index contributed by atoms with van der Waals surface area (Å²) >= 11 is 3.59. The molecule has 7 heteroatoms. The average Bonchev–Trinajstić information content (AvgIpc) is 3.52. The fourth-order valence-electron chi connectivity index (χ4n) is 3.39. The molecule has 1 saturated carbocycles. The van der Waals surface area contributed by atoms with Crippen LogP contribution >= 0.6 is 15.9 Å². The van der Waals surface area contributed by atoms with Crippen molar-refractivity contribution in [2.75, 3.05) is 4.90 Å². The van der Waals surface area contributed by atoms with Gasteiger partial charge in [-0.05, 0) is 59.0 Å². The van der Waals surface area contributed by atoms with E-state index < -0.39 is 18.2 Å². The lowest BCUT2D eigenvalue weighted by Crippen LogP contribution is -2.30. The monoisotopic (exact) mass is 469 g/mol. The van der Waals surface area contributed by atoms with Crippen LogP contribution in [0.2, 0.25) is 0 Å². The summed E-state index contributed by atoms with van der Waals surface area (Å²) in [5.74, 6) is 0.0386. The normalized spacial score (nSPS) is 18.1. The van der Waals surface area contributed by atoms with Gasteiger partial charge < -0.3 is 9.32 Å². The third-order valence-corrected chi connectivity index (χ3v) is 6.17. The number of hydrogen-bond acceptors (Lipinski definition) is 4. The van der Waals surface area contributed by atoms with Gasteiger partial charge in [-0.15, -0.1) is 10.2 Å². The molecular formula is C23H19BrFN3O2. The zero-order chi connectivity index (χ0) is 22.6. The van der Waals surface area contributed by atoms with E-state index >= 15 is 0 Å². The number of rotatable bonds is 4. The Kier molecular flexibility index (Phi) is 4.22. The van der Waals surface area contributed by atoms with Crippen LogP contribution in [0.5, 0.6) is 0 Å². The molecule has 1 fully saturated rings. The lowest BCUT2D eigenvalue weighted by molar-refractivity contribution is -0.117. The second kappa shape index (κ2) is 7.47. The number of carbonyl (C=O) groups excluding carboxylic acids is 1. The van der Waals surface area contributed by atoms with E-state index in [0.29, 0.717) is 32.8 Å². The third kappa shape index (κ3) is 3.47. The Morgan fingerprint density at radius 3 is 2.83 bits per heavy atom. The Hall–Kier alpha value is -2.80. The maximum atomic E-state index is 14.3. The molecule has 152 valence electrons. The minimum atomic E-state index is -2.29. The van der Waals surface area contributed by atoms with Gasteiger partial charge in [0.05, 0.1) is 21.3 Å². The van der Waals surface area contributed by atoms with Crippen LogP contribution in [0, 0.1) is 12.7 Å². The van der Waals surface area contributed by atoms with Crippen molar-refractivity contribution in [3.05, 3.63) is 76.8 Å². The van der Waals surface area contributed by atoms with E-state index in [4.69, 9.17) is 7.16 Å². The highest BCUT2D eigenvalue weighted by atomic mass is 79.9. The summed E-state index contributed by atoms with van der Waals surface area (Å²) in [4.78, 5) is 14.6. The van der Waals surface area contributed by atoms with Crippen molar-refractivity contribution in [2.45, 2.75) is 38.6 Å². The molecule has 1 aliphatic heterocycles. The molecule has 0 spiro atoms. The largest absolute Gasteiger partial charge is 0.421 e. The summed E-state index contributed by atoms with van der Waals surface area (Å²) in [7, 11) is 0. The topological polar surface area (TPSA) is 59.2 Å². The number of amides is 1. The first-order valence-electron chi connectivity index (χ1n) is 10.7. The zero-order valence-corrected chi connectivity index (χ0v) is 17.7.